The molecule has 14 heteroatoms. The number of rotatable bonds is 10. The van der Waals surface area contributed by atoms with E-state index in [1.165, 1.54) is 41.9 Å². The average Bonchev–Trinajstić information content (AvgIpc) is 3.42. The van der Waals surface area contributed by atoms with Gasteiger partial charge in [-0.3, -0.25) is 9.59 Å². The number of sulfonamides is 1. The normalized spacial score (nSPS) is 11.6. The van der Waals surface area contributed by atoms with Crippen LogP contribution in [0.5, 0.6) is 5.75 Å². The maximum absolute atomic E-state index is 13.6. The molecule has 4 aromatic rings. The maximum Gasteiger partial charge on any atom is 0.329 e. The van der Waals surface area contributed by atoms with Crippen LogP contribution in [0.2, 0.25) is 15.1 Å². The molecule has 0 saturated carbocycles. The second-order valence-electron chi connectivity index (χ2n) is 9.14. The van der Waals surface area contributed by atoms with Gasteiger partial charge in [-0.1, -0.05) is 58.6 Å². The summed E-state index contributed by atoms with van der Waals surface area (Å²) in [4.78, 5) is 24.5. The zero-order valence-corrected chi connectivity index (χ0v) is 25.9. The second kappa shape index (κ2) is 14.1. The van der Waals surface area contributed by atoms with Crippen molar-refractivity contribution in [2.24, 2.45) is 5.10 Å². The van der Waals surface area contributed by atoms with Crippen LogP contribution in [0.1, 0.15) is 22.6 Å². The van der Waals surface area contributed by atoms with E-state index in [0.29, 0.717) is 27.1 Å². The van der Waals surface area contributed by atoms with Crippen molar-refractivity contribution < 1.29 is 27.2 Å². The number of halogens is 3. The molecule has 0 radical (unpaired) electrons. The molecule has 0 atom stereocenters. The van der Waals surface area contributed by atoms with Crippen LogP contribution in [0.3, 0.4) is 0 Å². The van der Waals surface area contributed by atoms with Crippen molar-refractivity contribution in [2.75, 3.05) is 12.4 Å². The van der Waals surface area contributed by atoms with Gasteiger partial charge in [0.15, 0.2) is 0 Å². The monoisotopic (exact) mass is 662 g/mol. The summed E-state index contributed by atoms with van der Waals surface area (Å²) in [6, 6.07) is 19.0. The summed E-state index contributed by atoms with van der Waals surface area (Å²) >= 11 is 18.2. The first-order valence-corrected chi connectivity index (χ1v) is 15.1. The number of methoxy groups -OCH3 is 1. The fraction of sp³-hybridized carbons (Fsp3) is 0.138. The molecule has 0 aliphatic rings. The third kappa shape index (κ3) is 8.37. The molecule has 0 aliphatic heterocycles. The average molecular weight is 664 g/mol. The van der Waals surface area contributed by atoms with Gasteiger partial charge in [0.05, 0.1) is 39.8 Å². The Labute approximate surface area is 263 Å². The van der Waals surface area contributed by atoms with E-state index < -0.39 is 21.8 Å². The summed E-state index contributed by atoms with van der Waals surface area (Å²) in [5.74, 6) is -1.08. The van der Waals surface area contributed by atoms with E-state index in [1.54, 1.807) is 48.5 Å². The van der Waals surface area contributed by atoms with Crippen LogP contribution in [-0.2, 0) is 32.7 Å². The number of hydrogen-bond donors (Lipinski definition) is 2. The number of nitrogens with zero attached hydrogens (tertiary/aromatic N) is 2. The van der Waals surface area contributed by atoms with Gasteiger partial charge in [0.1, 0.15) is 17.3 Å². The van der Waals surface area contributed by atoms with Crippen molar-refractivity contribution in [1.29, 1.82) is 0 Å². The summed E-state index contributed by atoms with van der Waals surface area (Å²) in [6.07, 6.45) is 1.18. The standard InChI is InChI=1S/C29H25Cl3N4O6S/c1-18-3-9-23(10-4-18)43(39,40)36(16-19-5-11-24(30)25(31)13-19)17-22-8-7-21(42-22)15-33-35-29(38)28(37)34-20-6-12-27(41-2)26(32)14-20/h3-15H,16-17H2,1-2H3,(H,34,37)(H,35,38)/b33-15+. The number of amides is 2. The molecule has 43 heavy (non-hydrogen) atoms. The number of carbonyl (C=O) groups is 2. The highest BCUT2D eigenvalue weighted by atomic mass is 35.5. The first-order chi connectivity index (χ1) is 20.5. The highest BCUT2D eigenvalue weighted by Crippen LogP contribution is 2.28. The van der Waals surface area contributed by atoms with Gasteiger partial charge in [-0.15, -0.1) is 0 Å². The van der Waals surface area contributed by atoms with Gasteiger partial charge < -0.3 is 14.5 Å². The van der Waals surface area contributed by atoms with Crippen LogP contribution in [-0.4, -0.2) is 37.9 Å². The van der Waals surface area contributed by atoms with Crippen molar-refractivity contribution in [3.63, 3.8) is 0 Å². The molecular weight excluding hydrogens is 639 g/mol. The largest absolute Gasteiger partial charge is 0.495 e. The van der Waals surface area contributed by atoms with Crippen LogP contribution in [0.25, 0.3) is 0 Å². The lowest BCUT2D eigenvalue weighted by Gasteiger charge is -2.22. The molecule has 0 aliphatic carbocycles. The molecular formula is C29H25Cl3N4O6S. The Morgan fingerprint density at radius 2 is 1.65 bits per heavy atom. The molecule has 0 unspecified atom stereocenters. The number of ether oxygens (including phenoxy) is 1. The summed E-state index contributed by atoms with van der Waals surface area (Å²) in [7, 11) is -2.50. The summed E-state index contributed by atoms with van der Waals surface area (Å²) in [5, 5.41) is 7.05. The van der Waals surface area contributed by atoms with Crippen molar-refractivity contribution in [1.82, 2.24) is 9.73 Å². The van der Waals surface area contributed by atoms with E-state index >= 15 is 0 Å². The Hall–Kier alpha value is -3.87. The van der Waals surface area contributed by atoms with Crippen LogP contribution in [0.15, 0.2) is 87.2 Å². The SMILES string of the molecule is COc1ccc(NC(=O)C(=O)N/N=C/c2ccc(CN(Cc3ccc(Cl)c(Cl)c3)S(=O)(=O)c3ccc(C)cc3)o2)cc1Cl. The van der Waals surface area contributed by atoms with Gasteiger partial charge in [-0.05, 0) is 67.1 Å². The van der Waals surface area contributed by atoms with Crippen LogP contribution in [0.4, 0.5) is 5.69 Å². The van der Waals surface area contributed by atoms with E-state index in [9.17, 15) is 18.0 Å². The summed E-state index contributed by atoms with van der Waals surface area (Å²) < 4.78 is 39.2. The zero-order valence-electron chi connectivity index (χ0n) is 22.8. The van der Waals surface area contributed by atoms with Crippen LogP contribution >= 0.6 is 34.8 Å². The molecule has 3 aromatic carbocycles. The van der Waals surface area contributed by atoms with E-state index in [-0.39, 0.29) is 34.5 Å². The molecule has 224 valence electrons. The molecule has 1 heterocycles. The smallest absolute Gasteiger partial charge is 0.329 e. The minimum Gasteiger partial charge on any atom is -0.495 e. The molecule has 1 aromatic heterocycles. The van der Waals surface area contributed by atoms with Gasteiger partial charge >= 0.3 is 11.8 Å². The lowest BCUT2D eigenvalue weighted by molar-refractivity contribution is -0.136. The molecule has 0 saturated heterocycles. The first-order valence-electron chi connectivity index (χ1n) is 12.5. The van der Waals surface area contributed by atoms with Crippen molar-refractivity contribution in [3.8, 4) is 5.75 Å². The molecule has 10 nitrogen and oxygen atoms in total. The molecule has 0 fully saturated rings. The Morgan fingerprint density at radius 1 is 0.907 bits per heavy atom. The highest BCUT2D eigenvalue weighted by Gasteiger charge is 2.26. The third-order valence-corrected chi connectivity index (χ3v) is 8.83. The first kappa shape index (κ1) is 32.1. The predicted molar refractivity (Wildman–Crippen MR) is 165 cm³/mol. The number of hydrazone groups is 1. The Morgan fingerprint density at radius 3 is 2.33 bits per heavy atom. The quantitative estimate of drug-likeness (QED) is 0.121. The fourth-order valence-corrected chi connectivity index (χ4v) is 5.76. The van der Waals surface area contributed by atoms with Gasteiger partial charge in [0.2, 0.25) is 10.0 Å². The van der Waals surface area contributed by atoms with Crippen molar-refractivity contribution in [3.05, 3.63) is 111 Å². The van der Waals surface area contributed by atoms with E-state index in [2.05, 4.69) is 15.8 Å². The van der Waals surface area contributed by atoms with Crippen molar-refractivity contribution in [2.45, 2.75) is 24.9 Å². The summed E-state index contributed by atoms with van der Waals surface area (Å²) in [6.45, 7) is 1.73. The molecule has 0 spiro atoms. The van der Waals surface area contributed by atoms with Crippen LogP contribution < -0.4 is 15.5 Å². The molecule has 4 rings (SSSR count). The number of anilines is 1. The zero-order chi connectivity index (χ0) is 31.1. The van der Waals surface area contributed by atoms with Gasteiger partial charge in [0.25, 0.3) is 0 Å². The van der Waals surface area contributed by atoms with Gasteiger partial charge in [-0.2, -0.15) is 9.41 Å². The predicted octanol–water partition coefficient (Wildman–Crippen LogP) is 6.04. The molecule has 2 amide bonds. The number of benzene rings is 3. The Bertz CT molecular complexity index is 1780. The van der Waals surface area contributed by atoms with Gasteiger partial charge in [-0.25, -0.2) is 13.8 Å². The van der Waals surface area contributed by atoms with E-state index in [1.807, 2.05) is 6.92 Å². The Kier molecular flexibility index (Phi) is 10.5. The minimum absolute atomic E-state index is 0.0121. The highest BCUT2D eigenvalue weighted by molar-refractivity contribution is 7.89. The van der Waals surface area contributed by atoms with E-state index in [4.69, 9.17) is 44.0 Å². The summed E-state index contributed by atoms with van der Waals surface area (Å²) in [5.41, 5.74) is 3.93. The maximum atomic E-state index is 13.6. The Balaban J connectivity index is 1.44. The van der Waals surface area contributed by atoms with Crippen LogP contribution in [0, 0.1) is 6.92 Å². The number of aryl methyl sites for hydroxylation is 1. The lowest BCUT2D eigenvalue weighted by atomic mass is 10.2. The van der Waals surface area contributed by atoms with Gasteiger partial charge in [0, 0.05) is 12.2 Å². The number of nitrogens with one attached hydrogen (secondary N) is 2. The third-order valence-electron chi connectivity index (χ3n) is 5.99. The minimum atomic E-state index is -3.95. The molecule has 2 N–H and O–H groups in total. The topological polar surface area (TPSA) is 130 Å². The lowest BCUT2D eigenvalue weighted by Crippen LogP contribution is -2.32. The number of furan rings is 1. The fourth-order valence-electron chi connectivity index (χ4n) is 3.79. The number of carbonyl (C=O) groups excluding carboxylic acids is 2. The second-order valence-corrected chi connectivity index (χ2v) is 12.3. The van der Waals surface area contributed by atoms with E-state index in [0.717, 1.165) is 5.56 Å². The molecule has 0 bridgehead atoms. The number of hydrogen-bond acceptors (Lipinski definition) is 7. The van der Waals surface area contributed by atoms with Crippen molar-refractivity contribution >= 4 is 68.5 Å².